The number of amides is 2. The summed E-state index contributed by atoms with van der Waals surface area (Å²) in [6, 6.07) is 14.2. The number of carbonyl (C=O) groups is 2. The van der Waals surface area contributed by atoms with Crippen molar-refractivity contribution in [1.82, 2.24) is 14.8 Å². The van der Waals surface area contributed by atoms with E-state index in [4.69, 9.17) is 0 Å². The Balaban J connectivity index is 1.50. The molecule has 1 aromatic carbocycles. The van der Waals surface area contributed by atoms with E-state index < -0.39 is 5.54 Å². The van der Waals surface area contributed by atoms with E-state index in [0.29, 0.717) is 18.8 Å². The highest BCUT2D eigenvalue weighted by atomic mass is 32.1. The smallest absolute Gasteiger partial charge is 0.271 e. The van der Waals surface area contributed by atoms with E-state index in [1.807, 2.05) is 59.3 Å². The Bertz CT molecular complexity index is 1110. The van der Waals surface area contributed by atoms with Crippen molar-refractivity contribution in [2.24, 2.45) is 5.92 Å². The van der Waals surface area contributed by atoms with Crippen molar-refractivity contribution < 1.29 is 9.59 Å². The predicted molar refractivity (Wildman–Crippen MR) is 124 cm³/mol. The lowest BCUT2D eigenvalue weighted by Gasteiger charge is -2.45. The SMILES string of the molecule is CC1CCC(NC(=O)[C@@]2(C)Cn3c(cc4sccc43)C(=O)N2Cc2ccccc2)CC1. The van der Waals surface area contributed by atoms with Crippen molar-refractivity contribution in [3.63, 3.8) is 0 Å². The molecule has 0 spiro atoms. The van der Waals surface area contributed by atoms with Gasteiger partial charge < -0.3 is 14.8 Å². The van der Waals surface area contributed by atoms with Gasteiger partial charge in [-0.05, 0) is 61.6 Å². The van der Waals surface area contributed by atoms with Crippen LogP contribution in [0.2, 0.25) is 0 Å². The van der Waals surface area contributed by atoms with Crippen LogP contribution in [0.4, 0.5) is 0 Å². The van der Waals surface area contributed by atoms with Gasteiger partial charge in [-0.1, -0.05) is 37.3 Å². The summed E-state index contributed by atoms with van der Waals surface area (Å²) in [6.07, 6.45) is 4.31. The molecule has 1 saturated carbocycles. The van der Waals surface area contributed by atoms with Crippen LogP contribution in [0.25, 0.3) is 10.2 Å². The van der Waals surface area contributed by atoms with Gasteiger partial charge in [0.1, 0.15) is 11.2 Å². The van der Waals surface area contributed by atoms with Crippen LogP contribution < -0.4 is 5.32 Å². The molecule has 2 amide bonds. The van der Waals surface area contributed by atoms with Crippen molar-refractivity contribution in [3.05, 3.63) is 59.1 Å². The molecular formula is C25H29N3O2S. The molecule has 0 radical (unpaired) electrons. The van der Waals surface area contributed by atoms with Gasteiger partial charge in [-0.15, -0.1) is 11.3 Å². The van der Waals surface area contributed by atoms with Crippen LogP contribution in [-0.4, -0.2) is 32.9 Å². The molecule has 2 aliphatic rings. The molecule has 1 fully saturated rings. The van der Waals surface area contributed by atoms with E-state index in [2.05, 4.69) is 12.2 Å². The van der Waals surface area contributed by atoms with Crippen molar-refractivity contribution in [3.8, 4) is 0 Å². The second kappa shape index (κ2) is 7.83. The third kappa shape index (κ3) is 3.57. The van der Waals surface area contributed by atoms with E-state index in [9.17, 15) is 9.59 Å². The minimum Gasteiger partial charge on any atom is -0.351 e. The van der Waals surface area contributed by atoms with Crippen LogP contribution >= 0.6 is 11.3 Å². The summed E-state index contributed by atoms with van der Waals surface area (Å²) in [5.74, 6) is 0.608. The zero-order valence-corrected chi connectivity index (χ0v) is 19.0. The van der Waals surface area contributed by atoms with Gasteiger partial charge in [0, 0.05) is 12.6 Å². The third-order valence-corrected chi connectivity index (χ3v) is 7.93. The Labute approximate surface area is 187 Å². The fraction of sp³-hybridized carbons (Fsp3) is 0.440. The maximum atomic E-state index is 13.7. The zero-order valence-electron chi connectivity index (χ0n) is 18.1. The molecule has 3 heterocycles. The summed E-state index contributed by atoms with van der Waals surface area (Å²) in [4.78, 5) is 29.2. The monoisotopic (exact) mass is 435 g/mol. The minimum atomic E-state index is -0.948. The number of rotatable bonds is 4. The lowest BCUT2D eigenvalue weighted by Crippen LogP contribution is -2.64. The van der Waals surface area contributed by atoms with Crippen molar-refractivity contribution >= 4 is 33.4 Å². The van der Waals surface area contributed by atoms with Crippen LogP contribution in [0.5, 0.6) is 0 Å². The molecule has 0 bridgehead atoms. The summed E-state index contributed by atoms with van der Waals surface area (Å²) >= 11 is 1.63. The number of hydrogen-bond donors (Lipinski definition) is 1. The first kappa shape index (κ1) is 20.3. The summed E-state index contributed by atoms with van der Waals surface area (Å²) in [6.45, 7) is 5.09. The van der Waals surface area contributed by atoms with Gasteiger partial charge >= 0.3 is 0 Å². The molecular weight excluding hydrogens is 406 g/mol. The molecule has 0 saturated heterocycles. The number of nitrogens with one attached hydrogen (secondary N) is 1. The first-order valence-corrected chi connectivity index (χ1v) is 12.1. The number of nitrogens with zero attached hydrogens (tertiary/aromatic N) is 2. The number of aromatic nitrogens is 1. The van der Waals surface area contributed by atoms with Gasteiger partial charge in [0.15, 0.2) is 0 Å². The number of benzene rings is 1. The molecule has 6 heteroatoms. The molecule has 1 atom stereocenters. The molecule has 5 rings (SSSR count). The maximum Gasteiger partial charge on any atom is 0.271 e. The number of carbonyl (C=O) groups excluding carboxylic acids is 2. The summed E-state index contributed by atoms with van der Waals surface area (Å²) in [5, 5.41) is 5.35. The van der Waals surface area contributed by atoms with Crippen molar-refractivity contribution in [2.75, 3.05) is 0 Å². The number of thiophene rings is 1. The summed E-state index contributed by atoms with van der Waals surface area (Å²) in [7, 11) is 0. The van der Waals surface area contributed by atoms with Crippen LogP contribution in [-0.2, 0) is 17.9 Å². The highest BCUT2D eigenvalue weighted by Crippen LogP contribution is 2.35. The Morgan fingerprint density at radius 3 is 2.65 bits per heavy atom. The molecule has 31 heavy (non-hydrogen) atoms. The van der Waals surface area contributed by atoms with Crippen molar-refractivity contribution in [1.29, 1.82) is 0 Å². The molecule has 0 unspecified atom stereocenters. The average Bonchev–Trinajstić information content (AvgIpc) is 3.36. The van der Waals surface area contributed by atoms with E-state index in [1.54, 1.807) is 16.2 Å². The Kier molecular flexibility index (Phi) is 5.13. The Morgan fingerprint density at radius 2 is 1.90 bits per heavy atom. The lowest BCUT2D eigenvalue weighted by molar-refractivity contribution is -0.134. The largest absolute Gasteiger partial charge is 0.351 e. The van der Waals surface area contributed by atoms with Gasteiger partial charge in [-0.25, -0.2) is 0 Å². The molecule has 1 N–H and O–H groups in total. The van der Waals surface area contributed by atoms with E-state index in [1.165, 1.54) is 0 Å². The first-order chi connectivity index (χ1) is 15.0. The van der Waals surface area contributed by atoms with Gasteiger partial charge in [0.2, 0.25) is 5.91 Å². The zero-order chi connectivity index (χ0) is 21.6. The van der Waals surface area contributed by atoms with Crippen LogP contribution in [0.1, 0.15) is 55.6 Å². The lowest BCUT2D eigenvalue weighted by atomic mass is 9.86. The van der Waals surface area contributed by atoms with E-state index in [0.717, 1.165) is 47.4 Å². The normalized spacial score (nSPS) is 26.1. The average molecular weight is 436 g/mol. The predicted octanol–water partition coefficient (Wildman–Crippen LogP) is 4.81. The van der Waals surface area contributed by atoms with Gasteiger partial charge in [-0.3, -0.25) is 9.59 Å². The first-order valence-electron chi connectivity index (χ1n) is 11.2. The van der Waals surface area contributed by atoms with E-state index in [-0.39, 0.29) is 17.9 Å². The molecule has 1 aliphatic heterocycles. The highest BCUT2D eigenvalue weighted by molar-refractivity contribution is 7.17. The van der Waals surface area contributed by atoms with Crippen LogP contribution in [0.15, 0.2) is 47.8 Å². The third-order valence-electron chi connectivity index (χ3n) is 7.07. The fourth-order valence-corrected chi connectivity index (χ4v) is 5.85. The second-order valence-corrected chi connectivity index (χ2v) is 10.3. The van der Waals surface area contributed by atoms with Crippen LogP contribution in [0.3, 0.4) is 0 Å². The molecule has 1 aliphatic carbocycles. The van der Waals surface area contributed by atoms with E-state index >= 15 is 0 Å². The van der Waals surface area contributed by atoms with Crippen molar-refractivity contribution in [2.45, 2.75) is 64.2 Å². The highest BCUT2D eigenvalue weighted by Gasteiger charge is 2.48. The number of hydrogen-bond acceptors (Lipinski definition) is 3. The van der Waals surface area contributed by atoms with Gasteiger partial charge in [0.25, 0.3) is 5.91 Å². The Hall–Kier alpha value is -2.60. The van der Waals surface area contributed by atoms with Gasteiger partial charge in [0.05, 0.1) is 16.8 Å². The maximum absolute atomic E-state index is 13.7. The van der Waals surface area contributed by atoms with Crippen LogP contribution in [0, 0.1) is 5.92 Å². The summed E-state index contributed by atoms with van der Waals surface area (Å²) in [5.41, 5.74) is 1.80. The quantitative estimate of drug-likeness (QED) is 0.639. The molecule has 5 nitrogen and oxygen atoms in total. The number of fused-ring (bicyclic) bond motifs is 3. The molecule has 3 aromatic rings. The standard InChI is InChI=1S/C25H29N3O2S/c1-17-8-10-19(11-9-17)26-24(30)25(2)16-27-20-12-13-31-22(20)14-21(27)23(29)28(25)15-18-6-4-3-5-7-18/h3-7,12-14,17,19H,8-11,15-16H2,1-2H3,(H,26,30)/t17?,19?,25-/m1/s1. The molecule has 162 valence electrons. The summed E-state index contributed by atoms with van der Waals surface area (Å²) < 4.78 is 3.13. The topological polar surface area (TPSA) is 54.3 Å². The second-order valence-electron chi connectivity index (χ2n) is 9.37. The molecule has 2 aromatic heterocycles. The van der Waals surface area contributed by atoms with Gasteiger partial charge in [-0.2, -0.15) is 0 Å². The Morgan fingerprint density at radius 1 is 1.16 bits per heavy atom. The fourth-order valence-electron chi connectivity index (χ4n) is 5.03. The minimum absolute atomic E-state index is 0.0425.